The van der Waals surface area contributed by atoms with E-state index >= 15 is 0 Å². The molecule has 2 N–H and O–H groups in total. The summed E-state index contributed by atoms with van der Waals surface area (Å²) < 4.78 is 0. The average molecular weight is 348 g/mol. The molecule has 1 heterocycles. The van der Waals surface area contributed by atoms with Crippen molar-refractivity contribution in [1.82, 2.24) is 9.80 Å². The van der Waals surface area contributed by atoms with Gasteiger partial charge in [0.2, 0.25) is 0 Å². The third-order valence-corrected chi connectivity index (χ3v) is 4.95. The van der Waals surface area contributed by atoms with E-state index in [0.29, 0.717) is 44.9 Å². The normalized spacial score (nSPS) is 21.4. The lowest BCUT2D eigenvalue weighted by Gasteiger charge is -2.40. The van der Waals surface area contributed by atoms with Crippen molar-refractivity contribution in [2.75, 3.05) is 33.3 Å². The molecule has 2 rings (SSSR count). The molecule has 1 atom stereocenters. The maximum absolute atomic E-state index is 12.8. The minimum absolute atomic E-state index is 0.120. The van der Waals surface area contributed by atoms with Crippen molar-refractivity contribution in [2.24, 2.45) is 0 Å². The molecule has 1 saturated heterocycles. The number of rotatable bonds is 8. The third kappa shape index (κ3) is 5.27. The monoisotopic (exact) mass is 348 g/mol. The summed E-state index contributed by atoms with van der Waals surface area (Å²) in [6.45, 7) is 6.66. The second-order valence-corrected chi connectivity index (χ2v) is 7.57. The van der Waals surface area contributed by atoms with E-state index in [1.807, 2.05) is 11.9 Å². The maximum atomic E-state index is 12.8. The fraction of sp³-hybridized carbons (Fsp3) is 0.650. The zero-order valence-electron chi connectivity index (χ0n) is 15.7. The highest BCUT2D eigenvalue weighted by Gasteiger charge is 2.42. The molecule has 25 heavy (non-hydrogen) atoms. The topological polar surface area (TPSA) is 64.0 Å². The molecular formula is C20H32N2O3. The highest BCUT2D eigenvalue weighted by atomic mass is 16.3. The number of carbonyl (C=O) groups excluding carboxylic acids is 1. The number of nitrogens with zero attached hydrogens (tertiary/aromatic N) is 2. The number of likely N-dealkylation sites (N-methyl/N-ethyl adjacent to an activating group) is 1. The van der Waals surface area contributed by atoms with Gasteiger partial charge in [-0.05, 0) is 43.4 Å². The minimum Gasteiger partial charge on any atom is -0.396 e. The SMILES string of the molecule is CC(C)c1ccc(CN2CCC[C@](O)(CN(C)CCCO)C2=O)cc1. The van der Waals surface area contributed by atoms with Gasteiger partial charge < -0.3 is 20.0 Å². The van der Waals surface area contributed by atoms with E-state index in [1.54, 1.807) is 4.90 Å². The molecule has 5 heteroatoms. The summed E-state index contributed by atoms with van der Waals surface area (Å²) in [7, 11) is 1.88. The zero-order valence-corrected chi connectivity index (χ0v) is 15.7. The highest BCUT2D eigenvalue weighted by molar-refractivity contribution is 5.86. The van der Waals surface area contributed by atoms with Gasteiger partial charge in [-0.25, -0.2) is 0 Å². The number of hydrogen-bond acceptors (Lipinski definition) is 4. The summed E-state index contributed by atoms with van der Waals surface area (Å²) in [5.74, 6) is 0.313. The van der Waals surface area contributed by atoms with Crippen LogP contribution in [-0.2, 0) is 11.3 Å². The van der Waals surface area contributed by atoms with Gasteiger partial charge in [-0.2, -0.15) is 0 Å². The second kappa shape index (κ2) is 8.79. The molecule has 0 unspecified atom stereocenters. The van der Waals surface area contributed by atoms with E-state index in [9.17, 15) is 9.90 Å². The molecule has 0 saturated carbocycles. The van der Waals surface area contributed by atoms with Crippen LogP contribution in [0.1, 0.15) is 50.2 Å². The molecule has 1 amide bonds. The standard InChI is InChI=1S/C20H32N2O3/c1-16(2)18-8-6-17(7-9-18)14-22-12-4-10-20(25,19(22)24)15-21(3)11-5-13-23/h6-9,16,23,25H,4-5,10-15H2,1-3H3/t20-/m0/s1. The number of amides is 1. The van der Waals surface area contributed by atoms with E-state index in [0.717, 1.165) is 12.0 Å². The Bertz CT molecular complexity index is 559. The quantitative estimate of drug-likeness (QED) is 0.754. The number of carbonyl (C=O) groups is 1. The van der Waals surface area contributed by atoms with Crippen molar-refractivity contribution in [3.8, 4) is 0 Å². The Hall–Kier alpha value is -1.43. The van der Waals surface area contributed by atoms with Gasteiger partial charge in [-0.15, -0.1) is 0 Å². The lowest BCUT2D eigenvalue weighted by molar-refractivity contribution is -0.159. The maximum Gasteiger partial charge on any atom is 0.256 e. The number of likely N-dealkylation sites (tertiary alicyclic amines) is 1. The summed E-state index contributed by atoms with van der Waals surface area (Å²) >= 11 is 0. The molecule has 5 nitrogen and oxygen atoms in total. The van der Waals surface area contributed by atoms with Crippen molar-refractivity contribution in [1.29, 1.82) is 0 Å². The van der Waals surface area contributed by atoms with Crippen LogP contribution in [0, 0.1) is 0 Å². The summed E-state index contributed by atoms with van der Waals surface area (Å²) in [4.78, 5) is 16.5. The van der Waals surface area contributed by atoms with Gasteiger partial charge in [0.25, 0.3) is 5.91 Å². The van der Waals surface area contributed by atoms with Gasteiger partial charge >= 0.3 is 0 Å². The summed E-state index contributed by atoms with van der Waals surface area (Å²) in [6.07, 6.45) is 1.95. The van der Waals surface area contributed by atoms with E-state index in [1.165, 1.54) is 5.56 Å². The first kappa shape index (κ1) is 19.9. The van der Waals surface area contributed by atoms with Gasteiger partial charge in [-0.1, -0.05) is 38.1 Å². The molecule has 0 radical (unpaired) electrons. The van der Waals surface area contributed by atoms with Crippen LogP contribution >= 0.6 is 0 Å². The molecule has 1 aliphatic heterocycles. The first-order chi connectivity index (χ1) is 11.9. The lowest BCUT2D eigenvalue weighted by atomic mass is 9.90. The predicted molar refractivity (Wildman–Crippen MR) is 99.3 cm³/mol. The van der Waals surface area contributed by atoms with Crippen molar-refractivity contribution < 1.29 is 15.0 Å². The highest BCUT2D eigenvalue weighted by Crippen LogP contribution is 2.25. The van der Waals surface area contributed by atoms with Crippen LogP contribution in [0.5, 0.6) is 0 Å². The number of benzene rings is 1. The van der Waals surface area contributed by atoms with E-state index in [2.05, 4.69) is 38.1 Å². The van der Waals surface area contributed by atoms with Gasteiger partial charge in [0.05, 0.1) is 0 Å². The Morgan fingerprint density at radius 2 is 1.96 bits per heavy atom. The zero-order chi connectivity index (χ0) is 18.4. The molecule has 1 aliphatic rings. The van der Waals surface area contributed by atoms with E-state index < -0.39 is 5.60 Å². The third-order valence-electron chi connectivity index (χ3n) is 4.95. The molecule has 1 aromatic carbocycles. The average Bonchev–Trinajstić information content (AvgIpc) is 2.58. The van der Waals surface area contributed by atoms with Crippen LogP contribution in [-0.4, -0.2) is 64.8 Å². The van der Waals surface area contributed by atoms with Gasteiger partial charge in [0, 0.05) is 32.8 Å². The predicted octanol–water partition coefficient (Wildman–Crippen LogP) is 1.98. The van der Waals surface area contributed by atoms with Gasteiger partial charge in [0.15, 0.2) is 5.60 Å². The Balaban J connectivity index is 2.00. The van der Waals surface area contributed by atoms with Gasteiger partial charge in [0.1, 0.15) is 0 Å². The summed E-state index contributed by atoms with van der Waals surface area (Å²) in [5, 5.41) is 19.8. The largest absolute Gasteiger partial charge is 0.396 e. The van der Waals surface area contributed by atoms with Crippen molar-refractivity contribution in [3.05, 3.63) is 35.4 Å². The Morgan fingerprint density at radius 1 is 1.28 bits per heavy atom. The van der Waals surface area contributed by atoms with Crippen LogP contribution < -0.4 is 0 Å². The number of piperidine rings is 1. The van der Waals surface area contributed by atoms with Crippen LogP contribution in [0.15, 0.2) is 24.3 Å². The van der Waals surface area contributed by atoms with Gasteiger partial charge in [-0.3, -0.25) is 4.79 Å². The summed E-state index contributed by atoms with van der Waals surface area (Å²) in [5.41, 5.74) is 1.06. The lowest BCUT2D eigenvalue weighted by Crippen LogP contribution is -2.58. The minimum atomic E-state index is -1.32. The number of hydrogen-bond donors (Lipinski definition) is 2. The molecule has 0 bridgehead atoms. The smallest absolute Gasteiger partial charge is 0.256 e. The second-order valence-electron chi connectivity index (χ2n) is 7.57. The summed E-state index contributed by atoms with van der Waals surface area (Å²) in [6, 6.07) is 8.37. The first-order valence-electron chi connectivity index (χ1n) is 9.26. The molecule has 1 aromatic rings. The fourth-order valence-electron chi connectivity index (χ4n) is 3.46. The van der Waals surface area contributed by atoms with Crippen LogP contribution in [0.3, 0.4) is 0 Å². The Kier molecular flexibility index (Phi) is 6.99. The molecular weight excluding hydrogens is 316 g/mol. The Labute approximate surface area is 151 Å². The number of aliphatic hydroxyl groups is 2. The van der Waals surface area contributed by atoms with Crippen molar-refractivity contribution >= 4 is 5.91 Å². The molecule has 0 aliphatic carbocycles. The molecule has 0 spiro atoms. The Morgan fingerprint density at radius 3 is 2.56 bits per heavy atom. The van der Waals surface area contributed by atoms with E-state index in [-0.39, 0.29) is 12.5 Å². The number of aliphatic hydroxyl groups excluding tert-OH is 1. The van der Waals surface area contributed by atoms with E-state index in [4.69, 9.17) is 5.11 Å². The van der Waals surface area contributed by atoms with Crippen molar-refractivity contribution in [2.45, 2.75) is 51.2 Å². The van der Waals surface area contributed by atoms with Crippen molar-refractivity contribution in [3.63, 3.8) is 0 Å². The fourth-order valence-corrected chi connectivity index (χ4v) is 3.46. The van der Waals surface area contributed by atoms with Crippen LogP contribution in [0.2, 0.25) is 0 Å². The van der Waals surface area contributed by atoms with Crippen LogP contribution in [0.25, 0.3) is 0 Å². The first-order valence-corrected chi connectivity index (χ1v) is 9.26. The van der Waals surface area contributed by atoms with Crippen LogP contribution in [0.4, 0.5) is 0 Å². The molecule has 1 fully saturated rings. The molecule has 140 valence electrons. The molecule has 0 aromatic heterocycles.